The van der Waals surface area contributed by atoms with Crippen LogP contribution in [0.4, 0.5) is 5.13 Å². The van der Waals surface area contributed by atoms with Crippen molar-refractivity contribution in [2.75, 3.05) is 25.0 Å². The SMILES string of the molecule is CCOC(=O)Cc1csc(NC(=O)CNCC2CC2)n1. The summed E-state index contributed by atoms with van der Waals surface area (Å²) in [5.41, 5.74) is 0.620. The molecule has 0 aromatic carbocycles. The van der Waals surface area contributed by atoms with Crippen LogP contribution in [0.5, 0.6) is 0 Å². The van der Waals surface area contributed by atoms with Gasteiger partial charge in [-0.25, -0.2) is 4.98 Å². The number of carbonyl (C=O) groups excluding carboxylic acids is 2. The van der Waals surface area contributed by atoms with E-state index in [2.05, 4.69) is 15.6 Å². The minimum atomic E-state index is -0.304. The van der Waals surface area contributed by atoms with Crippen LogP contribution >= 0.6 is 11.3 Å². The number of hydrogen-bond donors (Lipinski definition) is 2. The molecule has 1 aromatic heterocycles. The fraction of sp³-hybridized carbons (Fsp3) is 0.615. The highest BCUT2D eigenvalue weighted by Crippen LogP contribution is 2.27. The van der Waals surface area contributed by atoms with Gasteiger partial charge in [-0.05, 0) is 32.2 Å². The molecule has 1 aromatic rings. The minimum absolute atomic E-state index is 0.109. The monoisotopic (exact) mass is 297 g/mol. The summed E-state index contributed by atoms with van der Waals surface area (Å²) in [7, 11) is 0. The van der Waals surface area contributed by atoms with Gasteiger partial charge in [0.2, 0.25) is 5.91 Å². The fourth-order valence-corrected chi connectivity index (χ4v) is 2.41. The predicted molar refractivity (Wildman–Crippen MR) is 76.7 cm³/mol. The lowest BCUT2D eigenvalue weighted by molar-refractivity contribution is -0.142. The molecular weight excluding hydrogens is 278 g/mol. The first kappa shape index (κ1) is 14.9. The zero-order valence-corrected chi connectivity index (χ0v) is 12.3. The lowest BCUT2D eigenvalue weighted by Crippen LogP contribution is -2.29. The highest BCUT2D eigenvalue weighted by atomic mass is 32.1. The number of ether oxygens (including phenoxy) is 1. The Bertz CT molecular complexity index is 471. The first-order chi connectivity index (χ1) is 9.67. The van der Waals surface area contributed by atoms with E-state index in [0.29, 0.717) is 24.0 Å². The van der Waals surface area contributed by atoms with Crippen LogP contribution < -0.4 is 10.6 Å². The number of amides is 1. The third-order valence-corrected chi connectivity index (χ3v) is 3.65. The number of rotatable bonds is 8. The quantitative estimate of drug-likeness (QED) is 0.704. The van der Waals surface area contributed by atoms with E-state index in [1.807, 2.05) is 0 Å². The van der Waals surface area contributed by atoms with Gasteiger partial charge in [-0.1, -0.05) is 0 Å². The first-order valence-electron chi connectivity index (χ1n) is 6.78. The zero-order valence-electron chi connectivity index (χ0n) is 11.5. The number of hydrogen-bond acceptors (Lipinski definition) is 6. The highest BCUT2D eigenvalue weighted by molar-refractivity contribution is 7.13. The third kappa shape index (κ3) is 5.26. The maximum absolute atomic E-state index is 11.6. The average molecular weight is 297 g/mol. The van der Waals surface area contributed by atoms with E-state index in [1.165, 1.54) is 24.2 Å². The molecule has 0 atom stereocenters. The van der Waals surface area contributed by atoms with Gasteiger partial charge in [-0.2, -0.15) is 0 Å². The van der Waals surface area contributed by atoms with Crippen molar-refractivity contribution >= 4 is 28.3 Å². The van der Waals surface area contributed by atoms with Gasteiger partial charge in [0.25, 0.3) is 0 Å². The Kier molecular flexibility index (Phi) is 5.49. The summed E-state index contributed by atoms with van der Waals surface area (Å²) in [5, 5.41) is 8.10. The summed E-state index contributed by atoms with van der Waals surface area (Å²) in [4.78, 5) is 27.1. The molecule has 1 heterocycles. The lowest BCUT2D eigenvalue weighted by Gasteiger charge is -2.03. The largest absolute Gasteiger partial charge is 0.466 e. The zero-order chi connectivity index (χ0) is 14.4. The number of nitrogens with one attached hydrogen (secondary N) is 2. The second-order valence-electron chi connectivity index (χ2n) is 4.75. The molecule has 0 unspecified atom stereocenters. The molecule has 1 saturated carbocycles. The van der Waals surface area contributed by atoms with Gasteiger partial charge in [-0.3, -0.25) is 9.59 Å². The molecule has 0 aliphatic heterocycles. The van der Waals surface area contributed by atoms with E-state index in [1.54, 1.807) is 12.3 Å². The summed E-state index contributed by atoms with van der Waals surface area (Å²) < 4.78 is 4.85. The van der Waals surface area contributed by atoms with E-state index >= 15 is 0 Å². The Morgan fingerprint density at radius 1 is 1.50 bits per heavy atom. The standard InChI is InChI=1S/C13H19N3O3S/c1-2-19-12(18)5-10-8-20-13(15-10)16-11(17)7-14-6-9-3-4-9/h8-9,14H,2-7H2,1H3,(H,15,16,17). The van der Waals surface area contributed by atoms with Crippen molar-refractivity contribution in [2.45, 2.75) is 26.2 Å². The van der Waals surface area contributed by atoms with Gasteiger partial charge < -0.3 is 15.4 Å². The van der Waals surface area contributed by atoms with Gasteiger partial charge in [0.1, 0.15) is 0 Å². The second kappa shape index (κ2) is 7.35. The minimum Gasteiger partial charge on any atom is -0.466 e. The molecule has 0 spiro atoms. The lowest BCUT2D eigenvalue weighted by atomic mass is 10.3. The Hall–Kier alpha value is -1.47. The van der Waals surface area contributed by atoms with Gasteiger partial charge in [0.15, 0.2) is 5.13 Å². The van der Waals surface area contributed by atoms with Gasteiger partial charge >= 0.3 is 5.97 Å². The number of thiazole rings is 1. The summed E-state index contributed by atoms with van der Waals surface area (Å²) in [6, 6.07) is 0. The number of aromatic nitrogens is 1. The first-order valence-corrected chi connectivity index (χ1v) is 7.66. The topological polar surface area (TPSA) is 80.3 Å². The Labute approximate surface area is 121 Å². The van der Waals surface area contributed by atoms with Crippen LogP contribution in [0.15, 0.2) is 5.38 Å². The normalized spacial score (nSPS) is 14.1. The van der Waals surface area contributed by atoms with Crippen LogP contribution in [0.2, 0.25) is 0 Å². The van der Waals surface area contributed by atoms with Gasteiger partial charge in [-0.15, -0.1) is 11.3 Å². The van der Waals surface area contributed by atoms with Crippen molar-refractivity contribution in [2.24, 2.45) is 5.92 Å². The average Bonchev–Trinajstić information content (AvgIpc) is 3.11. The molecule has 1 fully saturated rings. The van der Waals surface area contributed by atoms with Crippen LogP contribution in [0, 0.1) is 5.92 Å². The van der Waals surface area contributed by atoms with E-state index in [9.17, 15) is 9.59 Å². The van der Waals surface area contributed by atoms with Crippen molar-refractivity contribution < 1.29 is 14.3 Å². The smallest absolute Gasteiger partial charge is 0.311 e. The molecule has 110 valence electrons. The van der Waals surface area contributed by atoms with Gasteiger partial charge in [0.05, 0.1) is 25.3 Å². The van der Waals surface area contributed by atoms with E-state index in [-0.39, 0.29) is 18.3 Å². The fourth-order valence-electron chi connectivity index (χ4n) is 1.68. The van der Waals surface area contributed by atoms with Crippen LogP contribution in [0.1, 0.15) is 25.5 Å². The predicted octanol–water partition coefficient (Wildman–Crippen LogP) is 1.19. The molecule has 20 heavy (non-hydrogen) atoms. The number of anilines is 1. The van der Waals surface area contributed by atoms with Crippen molar-refractivity contribution in [1.82, 2.24) is 10.3 Å². The van der Waals surface area contributed by atoms with Crippen molar-refractivity contribution in [3.8, 4) is 0 Å². The maximum Gasteiger partial charge on any atom is 0.311 e. The van der Waals surface area contributed by atoms with Crippen molar-refractivity contribution in [1.29, 1.82) is 0 Å². The Morgan fingerprint density at radius 3 is 3.00 bits per heavy atom. The molecule has 1 aliphatic rings. The molecule has 2 rings (SSSR count). The van der Waals surface area contributed by atoms with E-state index in [4.69, 9.17) is 4.74 Å². The second-order valence-corrected chi connectivity index (χ2v) is 5.61. The van der Waals surface area contributed by atoms with E-state index in [0.717, 1.165) is 12.5 Å². The summed E-state index contributed by atoms with van der Waals surface area (Å²) in [6.07, 6.45) is 2.66. The van der Waals surface area contributed by atoms with Crippen LogP contribution in [0.3, 0.4) is 0 Å². The summed E-state index contributed by atoms with van der Waals surface area (Å²) in [5.74, 6) is 0.336. The maximum atomic E-state index is 11.6. The molecular formula is C13H19N3O3S. The van der Waals surface area contributed by atoms with Crippen LogP contribution in [-0.4, -0.2) is 36.6 Å². The Balaban J connectivity index is 1.70. The molecule has 0 saturated heterocycles. The molecule has 7 heteroatoms. The number of nitrogens with zero attached hydrogens (tertiary/aromatic N) is 1. The summed E-state index contributed by atoms with van der Waals surface area (Å²) in [6.45, 7) is 3.32. The number of esters is 1. The molecule has 1 amide bonds. The molecule has 2 N–H and O–H groups in total. The highest BCUT2D eigenvalue weighted by Gasteiger charge is 2.20. The Morgan fingerprint density at radius 2 is 2.30 bits per heavy atom. The van der Waals surface area contributed by atoms with Crippen molar-refractivity contribution in [3.05, 3.63) is 11.1 Å². The van der Waals surface area contributed by atoms with E-state index < -0.39 is 0 Å². The van der Waals surface area contributed by atoms with Crippen LogP contribution in [0.25, 0.3) is 0 Å². The van der Waals surface area contributed by atoms with Crippen molar-refractivity contribution in [3.63, 3.8) is 0 Å². The summed E-state index contributed by atoms with van der Waals surface area (Å²) >= 11 is 1.31. The molecule has 0 radical (unpaired) electrons. The molecule has 6 nitrogen and oxygen atoms in total. The number of carbonyl (C=O) groups is 2. The van der Waals surface area contributed by atoms with Gasteiger partial charge in [0, 0.05) is 5.38 Å². The molecule has 0 bridgehead atoms. The molecule has 1 aliphatic carbocycles. The van der Waals surface area contributed by atoms with Crippen LogP contribution in [-0.2, 0) is 20.7 Å². The third-order valence-electron chi connectivity index (χ3n) is 2.84.